The molecule has 1 aromatic carbocycles. The van der Waals surface area contributed by atoms with Crippen molar-refractivity contribution in [2.45, 2.75) is 26.1 Å². The van der Waals surface area contributed by atoms with E-state index in [1.54, 1.807) is 0 Å². The van der Waals surface area contributed by atoms with E-state index in [1.807, 2.05) is 4.90 Å². The normalized spacial score (nSPS) is 17.0. The van der Waals surface area contributed by atoms with Crippen molar-refractivity contribution in [2.75, 3.05) is 13.1 Å². The van der Waals surface area contributed by atoms with Gasteiger partial charge in [0.2, 0.25) is 5.96 Å². The molecule has 4 N–H and O–H groups in total. The van der Waals surface area contributed by atoms with Gasteiger partial charge in [0.15, 0.2) is 17.5 Å². The van der Waals surface area contributed by atoms with Gasteiger partial charge in [-0.15, -0.1) is 25.6 Å². The van der Waals surface area contributed by atoms with Crippen LogP contribution >= 0.6 is 12.4 Å². The third-order valence-corrected chi connectivity index (χ3v) is 3.72. The van der Waals surface area contributed by atoms with Crippen LogP contribution in [0.4, 0.5) is 23.2 Å². The van der Waals surface area contributed by atoms with Crippen molar-refractivity contribution in [3.8, 4) is 5.75 Å². The first-order chi connectivity index (χ1) is 11.6. The van der Waals surface area contributed by atoms with E-state index in [1.165, 1.54) is 0 Å². The molecule has 1 heterocycles. The van der Waals surface area contributed by atoms with Gasteiger partial charge in [0.25, 0.3) is 0 Å². The molecule has 1 aliphatic rings. The molecule has 0 spiro atoms. The molecule has 0 bridgehead atoms. The highest BCUT2D eigenvalue weighted by atomic mass is 35.5. The Balaban J connectivity index is 0.00000338. The van der Waals surface area contributed by atoms with Crippen LogP contribution in [0.25, 0.3) is 0 Å². The third kappa shape index (κ3) is 6.58. The molecular formula is C15H20ClF4N5O. The Morgan fingerprint density at radius 1 is 1.23 bits per heavy atom. The summed E-state index contributed by atoms with van der Waals surface area (Å²) in [4.78, 5) is 9.64. The number of nitrogens with zero attached hydrogens (tertiary/aromatic N) is 3. The molecule has 1 fully saturated rings. The number of nitrogens with two attached hydrogens (primary N) is 2. The Bertz CT molecular complexity index is 672. The van der Waals surface area contributed by atoms with Gasteiger partial charge >= 0.3 is 6.36 Å². The van der Waals surface area contributed by atoms with Crippen molar-refractivity contribution in [1.82, 2.24) is 4.90 Å². The number of likely N-dealkylation sites (tertiary alicyclic amines) is 1. The Hall–Kier alpha value is -2.23. The number of halogens is 5. The van der Waals surface area contributed by atoms with E-state index in [0.717, 1.165) is 44.1 Å². The fourth-order valence-electron chi connectivity index (χ4n) is 2.35. The number of alkyl halides is 3. The van der Waals surface area contributed by atoms with Crippen molar-refractivity contribution in [3.63, 3.8) is 0 Å². The van der Waals surface area contributed by atoms with E-state index in [2.05, 4.69) is 21.6 Å². The maximum atomic E-state index is 13.6. The molecule has 2 rings (SSSR count). The lowest BCUT2D eigenvalue weighted by molar-refractivity contribution is -0.275. The number of rotatable bonds is 2. The standard InChI is InChI=1S/C15H19F4N5O.ClH/c1-9-4-6-24(7-5-9)14(21)23-13(20)22-10-2-3-12(11(16)8-10)25-15(17,18)19;/h2-3,8-9H,4-7H2,1H3,(H4,20,21,22,23);1H. The largest absolute Gasteiger partial charge is 0.573 e. The molecule has 1 saturated heterocycles. The monoisotopic (exact) mass is 397 g/mol. The molecule has 0 aliphatic carbocycles. The predicted octanol–water partition coefficient (Wildman–Crippen LogP) is 3.14. The number of benzene rings is 1. The van der Waals surface area contributed by atoms with Gasteiger partial charge in [0.1, 0.15) is 0 Å². The summed E-state index contributed by atoms with van der Waals surface area (Å²) in [6, 6.07) is 2.71. The summed E-state index contributed by atoms with van der Waals surface area (Å²) in [7, 11) is 0. The molecule has 0 amide bonds. The van der Waals surface area contributed by atoms with E-state index >= 15 is 0 Å². The zero-order valence-electron chi connectivity index (χ0n) is 14.0. The Kier molecular flexibility index (Phi) is 7.49. The van der Waals surface area contributed by atoms with Crippen LogP contribution in [-0.4, -0.2) is 36.3 Å². The number of piperidine rings is 1. The second kappa shape index (κ2) is 8.93. The van der Waals surface area contributed by atoms with Gasteiger partial charge in [-0.05, 0) is 30.9 Å². The Labute approximate surface area is 154 Å². The molecule has 0 atom stereocenters. The van der Waals surface area contributed by atoms with Crippen LogP contribution < -0.4 is 16.2 Å². The first kappa shape index (κ1) is 21.8. The molecule has 0 radical (unpaired) electrons. The predicted molar refractivity (Wildman–Crippen MR) is 93.2 cm³/mol. The van der Waals surface area contributed by atoms with Gasteiger partial charge in [-0.25, -0.2) is 9.38 Å². The first-order valence-electron chi connectivity index (χ1n) is 7.62. The summed E-state index contributed by atoms with van der Waals surface area (Å²) in [6.07, 6.45) is -3.01. The maximum Gasteiger partial charge on any atom is 0.573 e. The van der Waals surface area contributed by atoms with Crippen LogP contribution in [0.15, 0.2) is 28.2 Å². The highest BCUT2D eigenvalue weighted by Crippen LogP contribution is 2.28. The summed E-state index contributed by atoms with van der Waals surface area (Å²) in [5.74, 6) is -1.56. The third-order valence-electron chi connectivity index (χ3n) is 3.72. The number of guanidine groups is 2. The SMILES string of the molecule is CC1CCN(C(N)=NC(N)=Nc2ccc(OC(F)(F)F)c(F)c2)CC1.Cl. The van der Waals surface area contributed by atoms with Crippen LogP contribution in [0.3, 0.4) is 0 Å². The lowest BCUT2D eigenvalue weighted by Crippen LogP contribution is -2.43. The van der Waals surface area contributed by atoms with Crippen molar-refractivity contribution in [2.24, 2.45) is 27.4 Å². The number of ether oxygens (including phenoxy) is 1. The molecule has 1 aliphatic heterocycles. The average molecular weight is 398 g/mol. The second-order valence-corrected chi connectivity index (χ2v) is 5.77. The van der Waals surface area contributed by atoms with Gasteiger partial charge in [0, 0.05) is 19.2 Å². The molecule has 0 unspecified atom stereocenters. The summed E-state index contributed by atoms with van der Waals surface area (Å²) in [6.45, 7) is 3.66. The van der Waals surface area contributed by atoms with E-state index in [-0.39, 0.29) is 30.0 Å². The molecule has 146 valence electrons. The number of aliphatic imine (C=N–C) groups is 2. The van der Waals surface area contributed by atoms with Crippen LogP contribution in [0.5, 0.6) is 5.75 Å². The quantitative estimate of drug-likeness (QED) is 0.456. The van der Waals surface area contributed by atoms with Crippen LogP contribution in [0, 0.1) is 11.7 Å². The van der Waals surface area contributed by atoms with Crippen LogP contribution in [0.1, 0.15) is 19.8 Å². The summed E-state index contributed by atoms with van der Waals surface area (Å²) >= 11 is 0. The fourth-order valence-corrected chi connectivity index (χ4v) is 2.35. The summed E-state index contributed by atoms with van der Waals surface area (Å²) in [5.41, 5.74) is 11.5. The molecule has 26 heavy (non-hydrogen) atoms. The van der Waals surface area contributed by atoms with E-state index in [9.17, 15) is 17.6 Å². The second-order valence-electron chi connectivity index (χ2n) is 5.77. The maximum absolute atomic E-state index is 13.6. The molecular weight excluding hydrogens is 378 g/mol. The van der Waals surface area contributed by atoms with E-state index in [0.29, 0.717) is 5.92 Å². The molecule has 0 saturated carbocycles. The van der Waals surface area contributed by atoms with Crippen molar-refractivity contribution >= 4 is 30.0 Å². The van der Waals surface area contributed by atoms with Gasteiger partial charge in [0.05, 0.1) is 5.69 Å². The molecule has 0 aromatic heterocycles. The van der Waals surface area contributed by atoms with Crippen molar-refractivity contribution in [1.29, 1.82) is 0 Å². The van der Waals surface area contributed by atoms with Gasteiger partial charge < -0.3 is 21.1 Å². The lowest BCUT2D eigenvalue weighted by atomic mass is 10.00. The Morgan fingerprint density at radius 3 is 2.38 bits per heavy atom. The number of hydrogen-bond acceptors (Lipinski definition) is 2. The minimum atomic E-state index is -4.98. The average Bonchev–Trinajstić information content (AvgIpc) is 2.49. The van der Waals surface area contributed by atoms with E-state index in [4.69, 9.17) is 11.5 Å². The van der Waals surface area contributed by atoms with Gasteiger partial charge in [-0.3, -0.25) is 0 Å². The minimum Gasteiger partial charge on any atom is -0.403 e. The van der Waals surface area contributed by atoms with E-state index < -0.39 is 17.9 Å². The fraction of sp³-hybridized carbons (Fsp3) is 0.467. The van der Waals surface area contributed by atoms with Crippen molar-refractivity contribution < 1.29 is 22.3 Å². The topological polar surface area (TPSA) is 89.2 Å². The minimum absolute atomic E-state index is 0. The molecule has 11 heteroatoms. The summed E-state index contributed by atoms with van der Waals surface area (Å²) in [5, 5.41) is 0. The Morgan fingerprint density at radius 2 is 1.85 bits per heavy atom. The van der Waals surface area contributed by atoms with Crippen LogP contribution in [0.2, 0.25) is 0 Å². The molecule has 6 nitrogen and oxygen atoms in total. The highest BCUT2D eigenvalue weighted by Gasteiger charge is 2.32. The zero-order valence-corrected chi connectivity index (χ0v) is 14.8. The number of hydrogen-bond donors (Lipinski definition) is 2. The van der Waals surface area contributed by atoms with Gasteiger partial charge in [-0.1, -0.05) is 6.92 Å². The first-order valence-corrected chi connectivity index (χ1v) is 7.62. The summed E-state index contributed by atoms with van der Waals surface area (Å²) < 4.78 is 53.5. The highest BCUT2D eigenvalue weighted by molar-refractivity contribution is 5.94. The van der Waals surface area contributed by atoms with Crippen molar-refractivity contribution in [3.05, 3.63) is 24.0 Å². The molecule has 1 aromatic rings. The smallest absolute Gasteiger partial charge is 0.403 e. The zero-order chi connectivity index (χ0) is 18.6. The van der Waals surface area contributed by atoms with Crippen LogP contribution in [-0.2, 0) is 0 Å². The van der Waals surface area contributed by atoms with Gasteiger partial charge in [-0.2, -0.15) is 4.99 Å². The lowest BCUT2D eigenvalue weighted by Gasteiger charge is -2.30.